The molecule has 1 amide bonds. The number of amides is 1. The zero-order valence-electron chi connectivity index (χ0n) is 10.1. The number of aliphatic carboxylic acids is 1. The van der Waals surface area contributed by atoms with Crippen LogP contribution in [-0.2, 0) is 4.79 Å². The van der Waals surface area contributed by atoms with Gasteiger partial charge in [-0.25, -0.2) is 4.39 Å². The summed E-state index contributed by atoms with van der Waals surface area (Å²) in [5, 5.41) is 8.77. The van der Waals surface area contributed by atoms with Gasteiger partial charge in [0.15, 0.2) is 0 Å². The third-order valence-corrected chi connectivity index (χ3v) is 3.62. The van der Waals surface area contributed by atoms with Crippen molar-refractivity contribution < 1.29 is 19.1 Å². The molecule has 1 atom stereocenters. The molecule has 0 aromatic heterocycles. The van der Waals surface area contributed by atoms with E-state index in [0.717, 1.165) is 0 Å². The molecule has 1 saturated heterocycles. The number of hydrogen-bond donors (Lipinski definition) is 1. The predicted octanol–water partition coefficient (Wildman–Crippen LogP) is 2.42. The summed E-state index contributed by atoms with van der Waals surface area (Å²) in [6.45, 7) is 0.608. The van der Waals surface area contributed by atoms with E-state index in [-0.39, 0.29) is 17.1 Å². The Bertz CT molecular complexity index is 521. The van der Waals surface area contributed by atoms with Crippen molar-refractivity contribution in [3.8, 4) is 0 Å². The molecule has 1 aliphatic rings. The van der Waals surface area contributed by atoms with Crippen molar-refractivity contribution in [2.24, 2.45) is 5.92 Å². The molecule has 2 rings (SSSR count). The molecule has 1 N–H and O–H groups in total. The van der Waals surface area contributed by atoms with Crippen LogP contribution in [0.3, 0.4) is 0 Å². The lowest BCUT2D eigenvalue weighted by molar-refractivity contribution is -0.143. The highest BCUT2D eigenvalue weighted by molar-refractivity contribution is 6.34. The Morgan fingerprint density at radius 3 is 2.84 bits per heavy atom. The number of halogens is 2. The number of piperidine rings is 1. The molecule has 1 aromatic rings. The maximum absolute atomic E-state index is 13.3. The molecule has 0 spiro atoms. The van der Waals surface area contributed by atoms with Crippen LogP contribution in [-0.4, -0.2) is 35.0 Å². The number of carboxylic acid groups (broad SMARTS) is 1. The maximum Gasteiger partial charge on any atom is 0.308 e. The highest BCUT2D eigenvalue weighted by Gasteiger charge is 2.29. The summed E-state index contributed by atoms with van der Waals surface area (Å²) in [6.07, 6.45) is 1.17. The molecular formula is C13H13ClFNO3. The van der Waals surface area contributed by atoms with Gasteiger partial charge in [0.25, 0.3) is 5.91 Å². The largest absolute Gasteiger partial charge is 0.481 e. The van der Waals surface area contributed by atoms with Gasteiger partial charge in [0, 0.05) is 13.1 Å². The van der Waals surface area contributed by atoms with Gasteiger partial charge >= 0.3 is 5.97 Å². The lowest BCUT2D eigenvalue weighted by Gasteiger charge is -2.31. The SMILES string of the molecule is O=C(O)[C@H]1CCCN(C(=O)c2cccc(F)c2Cl)C1. The molecule has 0 radical (unpaired) electrons. The lowest BCUT2D eigenvalue weighted by atomic mass is 9.97. The third kappa shape index (κ3) is 2.87. The Morgan fingerprint density at radius 1 is 1.42 bits per heavy atom. The first kappa shape index (κ1) is 13.8. The fourth-order valence-electron chi connectivity index (χ4n) is 2.20. The van der Waals surface area contributed by atoms with Crippen molar-refractivity contribution in [2.75, 3.05) is 13.1 Å². The van der Waals surface area contributed by atoms with E-state index in [0.29, 0.717) is 19.4 Å². The maximum atomic E-state index is 13.3. The summed E-state index contributed by atoms with van der Waals surface area (Å²) < 4.78 is 13.3. The summed E-state index contributed by atoms with van der Waals surface area (Å²) in [4.78, 5) is 24.6. The average molecular weight is 286 g/mol. The van der Waals surface area contributed by atoms with Crippen molar-refractivity contribution in [1.82, 2.24) is 4.90 Å². The van der Waals surface area contributed by atoms with Crippen LogP contribution in [0.2, 0.25) is 5.02 Å². The number of likely N-dealkylation sites (tertiary alicyclic amines) is 1. The van der Waals surface area contributed by atoms with Crippen molar-refractivity contribution in [1.29, 1.82) is 0 Å². The van der Waals surface area contributed by atoms with E-state index in [4.69, 9.17) is 16.7 Å². The molecule has 102 valence electrons. The highest BCUT2D eigenvalue weighted by Crippen LogP contribution is 2.24. The van der Waals surface area contributed by atoms with Gasteiger partial charge in [-0.3, -0.25) is 9.59 Å². The molecule has 0 unspecified atom stereocenters. The lowest BCUT2D eigenvalue weighted by Crippen LogP contribution is -2.42. The molecule has 1 fully saturated rings. The Balaban J connectivity index is 2.19. The van der Waals surface area contributed by atoms with Crippen molar-refractivity contribution in [2.45, 2.75) is 12.8 Å². The Hall–Kier alpha value is -1.62. The molecular weight excluding hydrogens is 273 g/mol. The second-order valence-electron chi connectivity index (χ2n) is 4.53. The normalized spacial score (nSPS) is 19.3. The first-order chi connectivity index (χ1) is 9.00. The van der Waals surface area contributed by atoms with E-state index in [2.05, 4.69) is 0 Å². The van der Waals surface area contributed by atoms with E-state index in [1.165, 1.54) is 23.1 Å². The molecule has 6 heteroatoms. The van der Waals surface area contributed by atoms with Crippen LogP contribution < -0.4 is 0 Å². The van der Waals surface area contributed by atoms with E-state index in [1.807, 2.05) is 0 Å². The molecule has 4 nitrogen and oxygen atoms in total. The number of nitrogens with zero attached hydrogens (tertiary/aromatic N) is 1. The van der Waals surface area contributed by atoms with Gasteiger partial charge in [-0.1, -0.05) is 17.7 Å². The van der Waals surface area contributed by atoms with E-state index >= 15 is 0 Å². The first-order valence-electron chi connectivity index (χ1n) is 5.97. The topological polar surface area (TPSA) is 57.6 Å². The van der Waals surface area contributed by atoms with Crippen molar-refractivity contribution >= 4 is 23.5 Å². The van der Waals surface area contributed by atoms with Gasteiger partial charge in [0.05, 0.1) is 16.5 Å². The van der Waals surface area contributed by atoms with Crippen LogP contribution in [0.1, 0.15) is 23.2 Å². The van der Waals surface area contributed by atoms with Crippen molar-refractivity contribution in [3.63, 3.8) is 0 Å². The third-order valence-electron chi connectivity index (χ3n) is 3.24. The average Bonchev–Trinajstić information content (AvgIpc) is 2.41. The van der Waals surface area contributed by atoms with Crippen LogP contribution in [0.5, 0.6) is 0 Å². The number of rotatable bonds is 2. The van der Waals surface area contributed by atoms with E-state index < -0.39 is 23.6 Å². The predicted molar refractivity (Wildman–Crippen MR) is 67.7 cm³/mol. The molecule has 0 bridgehead atoms. The number of carbonyl (C=O) groups is 2. The van der Waals surface area contributed by atoms with Gasteiger partial charge in [-0.05, 0) is 25.0 Å². The molecule has 1 aliphatic heterocycles. The van der Waals surface area contributed by atoms with Crippen LogP contribution in [0, 0.1) is 11.7 Å². The Labute approximate surface area is 114 Å². The van der Waals surface area contributed by atoms with Gasteiger partial charge < -0.3 is 10.0 Å². The second-order valence-corrected chi connectivity index (χ2v) is 4.91. The number of carboxylic acids is 1. The minimum atomic E-state index is -0.914. The van der Waals surface area contributed by atoms with Crippen molar-refractivity contribution in [3.05, 3.63) is 34.6 Å². The van der Waals surface area contributed by atoms with Gasteiger partial charge in [0.2, 0.25) is 0 Å². The summed E-state index contributed by atoms with van der Waals surface area (Å²) in [5.74, 6) is -2.55. The summed E-state index contributed by atoms with van der Waals surface area (Å²) >= 11 is 5.77. The fraction of sp³-hybridized carbons (Fsp3) is 0.385. The quantitative estimate of drug-likeness (QED) is 0.908. The van der Waals surface area contributed by atoms with Crippen LogP contribution in [0.15, 0.2) is 18.2 Å². The molecule has 0 aliphatic carbocycles. The minimum absolute atomic E-state index is 0.0766. The number of carbonyl (C=O) groups excluding carboxylic acids is 1. The fourth-order valence-corrected chi connectivity index (χ4v) is 2.41. The summed E-state index contributed by atoms with van der Waals surface area (Å²) in [5.41, 5.74) is 0.0766. The number of hydrogen-bond acceptors (Lipinski definition) is 2. The van der Waals surface area contributed by atoms with Gasteiger partial charge in [0.1, 0.15) is 5.82 Å². The summed E-state index contributed by atoms with van der Waals surface area (Å²) in [7, 11) is 0. The van der Waals surface area contributed by atoms with Gasteiger partial charge in [-0.2, -0.15) is 0 Å². The Morgan fingerprint density at radius 2 is 2.16 bits per heavy atom. The first-order valence-corrected chi connectivity index (χ1v) is 6.34. The molecule has 1 heterocycles. The second kappa shape index (κ2) is 5.57. The van der Waals surface area contributed by atoms with Crippen LogP contribution in [0.25, 0.3) is 0 Å². The van der Waals surface area contributed by atoms with E-state index in [9.17, 15) is 14.0 Å². The van der Waals surface area contributed by atoms with E-state index in [1.54, 1.807) is 0 Å². The molecule has 1 aromatic carbocycles. The zero-order valence-corrected chi connectivity index (χ0v) is 10.9. The molecule has 0 saturated carbocycles. The molecule has 19 heavy (non-hydrogen) atoms. The zero-order chi connectivity index (χ0) is 14.0. The Kier molecular flexibility index (Phi) is 4.04. The minimum Gasteiger partial charge on any atom is -0.481 e. The van der Waals surface area contributed by atoms with Crippen LogP contribution >= 0.6 is 11.6 Å². The monoisotopic (exact) mass is 285 g/mol. The number of benzene rings is 1. The smallest absolute Gasteiger partial charge is 0.308 e. The van der Waals surface area contributed by atoms with Crippen LogP contribution in [0.4, 0.5) is 4.39 Å². The van der Waals surface area contributed by atoms with Gasteiger partial charge in [-0.15, -0.1) is 0 Å². The summed E-state index contributed by atoms with van der Waals surface area (Å²) in [6, 6.07) is 4.03. The standard InChI is InChI=1S/C13H13ClFNO3/c14-11-9(4-1-5-10(11)15)12(17)16-6-2-3-8(7-16)13(18)19/h1,4-5,8H,2-3,6-7H2,(H,18,19)/t8-/m0/s1. The highest BCUT2D eigenvalue weighted by atomic mass is 35.5.